The number of hydrogen-bond acceptors (Lipinski definition) is 2. The van der Waals surface area contributed by atoms with Gasteiger partial charge in [0.05, 0.1) is 6.04 Å². The fraction of sp³-hybridized carbons (Fsp3) is 0.357. The van der Waals surface area contributed by atoms with Gasteiger partial charge in [-0.3, -0.25) is 0 Å². The number of benzene rings is 1. The van der Waals surface area contributed by atoms with E-state index in [4.69, 9.17) is 5.73 Å². The highest BCUT2D eigenvalue weighted by atomic mass is 19.1. The van der Waals surface area contributed by atoms with Crippen molar-refractivity contribution >= 4 is 0 Å². The van der Waals surface area contributed by atoms with E-state index < -0.39 is 0 Å². The van der Waals surface area contributed by atoms with Crippen molar-refractivity contribution in [2.45, 2.75) is 25.8 Å². The van der Waals surface area contributed by atoms with Gasteiger partial charge in [-0.2, -0.15) is 0 Å². The van der Waals surface area contributed by atoms with Gasteiger partial charge >= 0.3 is 0 Å². The summed E-state index contributed by atoms with van der Waals surface area (Å²) >= 11 is 0. The van der Waals surface area contributed by atoms with Crippen molar-refractivity contribution in [2.75, 3.05) is 6.54 Å². The second-order valence-electron chi connectivity index (χ2n) is 4.27. The van der Waals surface area contributed by atoms with E-state index >= 15 is 0 Å². The average Bonchev–Trinajstić information content (AvgIpc) is 2.82. The highest BCUT2D eigenvalue weighted by Gasteiger charge is 2.17. The van der Waals surface area contributed by atoms with Gasteiger partial charge in [0.25, 0.3) is 0 Å². The summed E-state index contributed by atoms with van der Waals surface area (Å²) in [7, 11) is 0. The van der Waals surface area contributed by atoms with Gasteiger partial charge in [0.1, 0.15) is 11.6 Å². The smallest absolute Gasteiger partial charge is 0.128 e. The van der Waals surface area contributed by atoms with Gasteiger partial charge in [-0.25, -0.2) is 9.37 Å². The highest BCUT2D eigenvalue weighted by Crippen LogP contribution is 2.22. The van der Waals surface area contributed by atoms with Crippen molar-refractivity contribution in [1.29, 1.82) is 0 Å². The summed E-state index contributed by atoms with van der Waals surface area (Å²) in [6.07, 6.45) is 5.49. The SMILES string of the molecule is CCCc1nccn1C(CN)c1ccccc1F. The number of imidazole rings is 1. The molecule has 0 spiro atoms. The molecule has 2 N–H and O–H groups in total. The predicted molar refractivity (Wildman–Crippen MR) is 69.8 cm³/mol. The largest absolute Gasteiger partial charge is 0.328 e. The van der Waals surface area contributed by atoms with Gasteiger partial charge in [0, 0.05) is 30.9 Å². The van der Waals surface area contributed by atoms with E-state index in [0.29, 0.717) is 12.1 Å². The third kappa shape index (κ3) is 2.43. The molecule has 4 heteroatoms. The van der Waals surface area contributed by atoms with Crippen LogP contribution < -0.4 is 5.73 Å². The van der Waals surface area contributed by atoms with Crippen LogP contribution in [-0.2, 0) is 6.42 Å². The van der Waals surface area contributed by atoms with E-state index in [1.165, 1.54) is 6.07 Å². The fourth-order valence-corrected chi connectivity index (χ4v) is 2.18. The maximum absolute atomic E-state index is 13.8. The van der Waals surface area contributed by atoms with Crippen LogP contribution in [0.4, 0.5) is 4.39 Å². The monoisotopic (exact) mass is 247 g/mol. The molecule has 1 aromatic heterocycles. The van der Waals surface area contributed by atoms with Gasteiger partial charge in [-0.1, -0.05) is 25.1 Å². The minimum atomic E-state index is -0.218. The summed E-state index contributed by atoms with van der Waals surface area (Å²) in [5.41, 5.74) is 6.44. The molecule has 0 saturated heterocycles. The number of nitrogens with zero attached hydrogens (tertiary/aromatic N) is 2. The zero-order valence-corrected chi connectivity index (χ0v) is 10.5. The summed E-state index contributed by atoms with van der Waals surface area (Å²) < 4.78 is 15.8. The van der Waals surface area contributed by atoms with E-state index in [2.05, 4.69) is 11.9 Å². The molecule has 0 saturated carbocycles. The molecule has 0 amide bonds. The molecule has 0 aliphatic heterocycles. The van der Waals surface area contributed by atoms with Crippen LogP contribution in [0.1, 0.15) is 30.8 Å². The molecule has 0 bridgehead atoms. The topological polar surface area (TPSA) is 43.8 Å². The number of nitrogens with two attached hydrogens (primary N) is 1. The summed E-state index contributed by atoms with van der Waals surface area (Å²) in [5, 5.41) is 0. The lowest BCUT2D eigenvalue weighted by Crippen LogP contribution is -2.22. The lowest BCUT2D eigenvalue weighted by Gasteiger charge is -2.20. The van der Waals surface area contributed by atoms with Crippen molar-refractivity contribution in [1.82, 2.24) is 9.55 Å². The molecule has 0 aliphatic carbocycles. The number of rotatable bonds is 5. The van der Waals surface area contributed by atoms with Gasteiger partial charge in [0.15, 0.2) is 0 Å². The first-order valence-electron chi connectivity index (χ1n) is 6.24. The number of aromatic nitrogens is 2. The van der Waals surface area contributed by atoms with Crippen molar-refractivity contribution in [3.63, 3.8) is 0 Å². The quantitative estimate of drug-likeness (QED) is 0.882. The summed E-state index contributed by atoms with van der Waals surface area (Å²) in [6, 6.07) is 6.58. The lowest BCUT2D eigenvalue weighted by molar-refractivity contribution is 0.520. The van der Waals surface area contributed by atoms with Crippen LogP contribution in [0, 0.1) is 5.82 Å². The number of halogens is 1. The summed E-state index contributed by atoms with van der Waals surface area (Å²) in [6.45, 7) is 2.45. The molecule has 2 rings (SSSR count). The Morgan fingerprint density at radius 1 is 1.39 bits per heavy atom. The second kappa shape index (κ2) is 5.78. The van der Waals surface area contributed by atoms with Crippen LogP contribution in [0.3, 0.4) is 0 Å². The normalized spacial score (nSPS) is 12.6. The Morgan fingerprint density at radius 3 is 2.83 bits per heavy atom. The minimum absolute atomic E-state index is 0.185. The van der Waals surface area contributed by atoms with E-state index in [-0.39, 0.29) is 11.9 Å². The Bertz CT molecular complexity index is 507. The maximum atomic E-state index is 13.8. The van der Waals surface area contributed by atoms with Crippen LogP contribution in [0.2, 0.25) is 0 Å². The van der Waals surface area contributed by atoms with Gasteiger partial charge in [-0.15, -0.1) is 0 Å². The lowest BCUT2D eigenvalue weighted by atomic mass is 10.1. The van der Waals surface area contributed by atoms with Gasteiger partial charge in [0.2, 0.25) is 0 Å². The van der Waals surface area contributed by atoms with Crippen LogP contribution in [0.5, 0.6) is 0 Å². The Kier molecular flexibility index (Phi) is 4.10. The second-order valence-corrected chi connectivity index (χ2v) is 4.27. The van der Waals surface area contributed by atoms with E-state index in [9.17, 15) is 4.39 Å². The number of aryl methyl sites for hydroxylation is 1. The Labute approximate surface area is 106 Å². The van der Waals surface area contributed by atoms with Crippen molar-refractivity contribution in [3.05, 3.63) is 53.9 Å². The molecular formula is C14H18FN3. The first kappa shape index (κ1) is 12.8. The first-order valence-corrected chi connectivity index (χ1v) is 6.24. The molecule has 1 heterocycles. The average molecular weight is 247 g/mol. The van der Waals surface area contributed by atoms with Crippen molar-refractivity contribution in [2.24, 2.45) is 5.73 Å². The van der Waals surface area contributed by atoms with Crippen LogP contribution >= 0.6 is 0 Å². The molecule has 0 radical (unpaired) electrons. The Balaban J connectivity index is 2.39. The van der Waals surface area contributed by atoms with Gasteiger partial charge in [-0.05, 0) is 12.5 Å². The molecular weight excluding hydrogens is 229 g/mol. The molecule has 3 nitrogen and oxygen atoms in total. The molecule has 0 fully saturated rings. The van der Waals surface area contributed by atoms with Gasteiger partial charge < -0.3 is 10.3 Å². The standard InChI is InChI=1S/C14H18FN3/c1-2-5-14-17-8-9-18(14)13(10-16)11-6-3-4-7-12(11)15/h3-4,6-9,13H,2,5,10,16H2,1H3. The summed E-state index contributed by atoms with van der Waals surface area (Å²) in [5.74, 6) is 0.736. The van der Waals surface area contributed by atoms with Crippen LogP contribution in [0.15, 0.2) is 36.7 Å². The molecule has 1 aromatic carbocycles. The first-order chi connectivity index (χ1) is 8.77. The molecule has 1 unspecified atom stereocenters. The molecule has 18 heavy (non-hydrogen) atoms. The van der Waals surface area contributed by atoms with E-state index in [1.807, 2.05) is 16.8 Å². The van der Waals surface area contributed by atoms with Crippen molar-refractivity contribution < 1.29 is 4.39 Å². The predicted octanol–water partition coefficient (Wildman–Crippen LogP) is 2.52. The zero-order chi connectivity index (χ0) is 13.0. The van der Waals surface area contributed by atoms with E-state index in [1.54, 1.807) is 18.3 Å². The maximum Gasteiger partial charge on any atom is 0.128 e. The van der Waals surface area contributed by atoms with Crippen LogP contribution in [0.25, 0.3) is 0 Å². The van der Waals surface area contributed by atoms with E-state index in [0.717, 1.165) is 18.7 Å². The third-order valence-corrected chi connectivity index (χ3v) is 3.05. The Morgan fingerprint density at radius 2 is 2.17 bits per heavy atom. The Hall–Kier alpha value is -1.68. The molecule has 0 aliphatic rings. The molecule has 2 aromatic rings. The van der Waals surface area contributed by atoms with Crippen molar-refractivity contribution in [3.8, 4) is 0 Å². The van der Waals surface area contributed by atoms with Crippen LogP contribution in [-0.4, -0.2) is 16.1 Å². The molecule has 96 valence electrons. The molecule has 1 atom stereocenters. The third-order valence-electron chi connectivity index (χ3n) is 3.05. The fourth-order valence-electron chi connectivity index (χ4n) is 2.18. The summed E-state index contributed by atoms with van der Waals surface area (Å²) in [4.78, 5) is 4.31. The number of hydrogen-bond donors (Lipinski definition) is 1. The highest BCUT2D eigenvalue weighted by molar-refractivity contribution is 5.23. The zero-order valence-electron chi connectivity index (χ0n) is 10.5. The minimum Gasteiger partial charge on any atom is -0.328 e.